The highest BCUT2D eigenvalue weighted by atomic mass is 16.5. The second kappa shape index (κ2) is 6.10. The summed E-state index contributed by atoms with van der Waals surface area (Å²) in [6, 6.07) is 7.61. The van der Waals surface area contributed by atoms with Gasteiger partial charge in [0.25, 0.3) is 5.91 Å². The summed E-state index contributed by atoms with van der Waals surface area (Å²) < 4.78 is 7.40. The van der Waals surface area contributed by atoms with Gasteiger partial charge < -0.3 is 14.2 Å². The first-order valence-electron chi connectivity index (χ1n) is 7.19. The van der Waals surface area contributed by atoms with Gasteiger partial charge in [0.2, 0.25) is 0 Å². The van der Waals surface area contributed by atoms with Crippen molar-refractivity contribution in [3.8, 4) is 5.69 Å². The molecule has 0 bridgehead atoms. The molecule has 0 spiro atoms. The van der Waals surface area contributed by atoms with E-state index < -0.39 is 0 Å². The van der Waals surface area contributed by atoms with Crippen molar-refractivity contribution in [2.45, 2.75) is 6.92 Å². The maximum absolute atomic E-state index is 12.5. The van der Waals surface area contributed by atoms with Gasteiger partial charge in [-0.15, -0.1) is 0 Å². The van der Waals surface area contributed by atoms with Gasteiger partial charge >= 0.3 is 0 Å². The van der Waals surface area contributed by atoms with E-state index in [-0.39, 0.29) is 5.91 Å². The smallest absolute Gasteiger partial charge is 0.253 e. The van der Waals surface area contributed by atoms with E-state index in [1.54, 1.807) is 12.5 Å². The molecule has 0 N–H and O–H groups in total. The summed E-state index contributed by atoms with van der Waals surface area (Å²) in [6.07, 6.45) is 5.35. The standard InChI is InChI=1S/C16H19N3O2/c1-13-10-18(8-9-21-11-13)16(20)14-2-4-15(5-3-14)19-7-6-17-12-19/h2-7,12-13H,8-11H2,1H3. The number of carbonyl (C=O) groups is 1. The lowest BCUT2D eigenvalue weighted by Crippen LogP contribution is -2.35. The number of hydrogen-bond donors (Lipinski definition) is 0. The Balaban J connectivity index is 1.75. The van der Waals surface area contributed by atoms with E-state index in [1.165, 1.54) is 0 Å². The summed E-state index contributed by atoms with van der Waals surface area (Å²) in [6.45, 7) is 4.86. The SMILES string of the molecule is CC1COCCN(C(=O)c2ccc(-n3ccnc3)cc2)C1. The molecule has 1 aromatic carbocycles. The van der Waals surface area contributed by atoms with Crippen molar-refractivity contribution >= 4 is 5.91 Å². The summed E-state index contributed by atoms with van der Waals surface area (Å²) in [7, 11) is 0. The van der Waals surface area contributed by atoms with Crippen LogP contribution in [0.1, 0.15) is 17.3 Å². The molecular formula is C16H19N3O2. The highest BCUT2D eigenvalue weighted by Crippen LogP contribution is 2.14. The van der Waals surface area contributed by atoms with Gasteiger partial charge in [-0.3, -0.25) is 4.79 Å². The molecule has 0 aliphatic carbocycles. The van der Waals surface area contributed by atoms with E-state index in [2.05, 4.69) is 11.9 Å². The van der Waals surface area contributed by atoms with Gasteiger partial charge in [0.1, 0.15) is 0 Å². The predicted octanol–water partition coefficient (Wildman–Crippen LogP) is 1.98. The fraction of sp³-hybridized carbons (Fsp3) is 0.375. The first kappa shape index (κ1) is 13.8. The van der Waals surface area contributed by atoms with Crippen LogP contribution in [0.2, 0.25) is 0 Å². The molecule has 2 aromatic rings. The van der Waals surface area contributed by atoms with Gasteiger partial charge in [0, 0.05) is 36.7 Å². The van der Waals surface area contributed by atoms with Gasteiger partial charge in [0.05, 0.1) is 19.5 Å². The molecule has 3 rings (SSSR count). The van der Waals surface area contributed by atoms with Gasteiger partial charge in [0.15, 0.2) is 0 Å². The molecule has 1 atom stereocenters. The lowest BCUT2D eigenvalue weighted by molar-refractivity contribution is 0.0738. The molecule has 5 nitrogen and oxygen atoms in total. The van der Waals surface area contributed by atoms with Gasteiger partial charge in [-0.05, 0) is 30.2 Å². The molecule has 2 heterocycles. The number of imidazole rings is 1. The van der Waals surface area contributed by atoms with Crippen LogP contribution in [0.15, 0.2) is 43.0 Å². The second-order valence-electron chi connectivity index (χ2n) is 5.45. The van der Waals surface area contributed by atoms with Crippen LogP contribution in [-0.4, -0.2) is 46.7 Å². The minimum Gasteiger partial charge on any atom is -0.379 e. The van der Waals surface area contributed by atoms with E-state index in [0.29, 0.717) is 24.6 Å². The number of aromatic nitrogens is 2. The van der Waals surface area contributed by atoms with Crippen LogP contribution in [0.4, 0.5) is 0 Å². The molecule has 1 aliphatic rings. The van der Waals surface area contributed by atoms with Crippen molar-refractivity contribution in [1.82, 2.24) is 14.5 Å². The van der Waals surface area contributed by atoms with Gasteiger partial charge in [-0.2, -0.15) is 0 Å². The monoisotopic (exact) mass is 285 g/mol. The average molecular weight is 285 g/mol. The number of ether oxygens (including phenoxy) is 1. The number of hydrogen-bond acceptors (Lipinski definition) is 3. The minimum atomic E-state index is 0.0736. The Morgan fingerprint density at radius 1 is 1.33 bits per heavy atom. The predicted molar refractivity (Wildman–Crippen MR) is 79.5 cm³/mol. The fourth-order valence-electron chi connectivity index (χ4n) is 2.53. The summed E-state index contributed by atoms with van der Waals surface area (Å²) in [4.78, 5) is 18.4. The van der Waals surface area contributed by atoms with E-state index in [0.717, 1.165) is 18.8 Å². The molecule has 0 saturated carbocycles. The lowest BCUT2D eigenvalue weighted by Gasteiger charge is -2.22. The van der Waals surface area contributed by atoms with Crippen LogP contribution < -0.4 is 0 Å². The van der Waals surface area contributed by atoms with Crippen LogP contribution >= 0.6 is 0 Å². The highest BCUT2D eigenvalue weighted by Gasteiger charge is 2.20. The van der Waals surface area contributed by atoms with E-state index >= 15 is 0 Å². The number of benzene rings is 1. The molecule has 1 aromatic heterocycles. The fourth-order valence-corrected chi connectivity index (χ4v) is 2.53. The van der Waals surface area contributed by atoms with Crippen molar-refractivity contribution < 1.29 is 9.53 Å². The van der Waals surface area contributed by atoms with Gasteiger partial charge in [-0.1, -0.05) is 6.92 Å². The molecule has 1 fully saturated rings. The summed E-state index contributed by atoms with van der Waals surface area (Å²) in [5.74, 6) is 0.450. The third kappa shape index (κ3) is 3.13. The number of carbonyl (C=O) groups excluding carboxylic acids is 1. The van der Waals surface area contributed by atoms with Crippen LogP contribution in [0.25, 0.3) is 5.69 Å². The van der Waals surface area contributed by atoms with Crippen LogP contribution in [-0.2, 0) is 4.74 Å². The Labute approximate surface area is 124 Å². The van der Waals surface area contributed by atoms with E-state index in [1.807, 2.05) is 39.9 Å². The van der Waals surface area contributed by atoms with Crippen LogP contribution in [0, 0.1) is 5.92 Å². The zero-order valence-electron chi connectivity index (χ0n) is 12.1. The van der Waals surface area contributed by atoms with Crippen molar-refractivity contribution in [3.63, 3.8) is 0 Å². The molecule has 1 aliphatic heterocycles. The summed E-state index contributed by atoms with van der Waals surface area (Å²) >= 11 is 0. The Morgan fingerprint density at radius 3 is 2.86 bits per heavy atom. The first-order valence-corrected chi connectivity index (χ1v) is 7.19. The molecular weight excluding hydrogens is 266 g/mol. The lowest BCUT2D eigenvalue weighted by atomic mass is 10.1. The zero-order chi connectivity index (χ0) is 14.7. The Hall–Kier alpha value is -2.14. The summed E-state index contributed by atoms with van der Waals surface area (Å²) in [5.41, 5.74) is 1.71. The van der Waals surface area contributed by atoms with E-state index in [4.69, 9.17) is 4.74 Å². The normalized spacial score (nSPS) is 19.3. The number of nitrogens with zero attached hydrogens (tertiary/aromatic N) is 3. The molecule has 0 radical (unpaired) electrons. The molecule has 1 unspecified atom stereocenters. The molecule has 5 heteroatoms. The third-order valence-corrected chi connectivity index (χ3v) is 3.64. The second-order valence-corrected chi connectivity index (χ2v) is 5.45. The van der Waals surface area contributed by atoms with Crippen molar-refractivity contribution in [2.75, 3.05) is 26.3 Å². The molecule has 21 heavy (non-hydrogen) atoms. The van der Waals surface area contributed by atoms with Crippen LogP contribution in [0.5, 0.6) is 0 Å². The minimum absolute atomic E-state index is 0.0736. The summed E-state index contributed by atoms with van der Waals surface area (Å²) in [5, 5.41) is 0. The maximum atomic E-state index is 12.5. The zero-order valence-corrected chi connectivity index (χ0v) is 12.1. The van der Waals surface area contributed by atoms with Gasteiger partial charge in [-0.25, -0.2) is 4.98 Å². The van der Waals surface area contributed by atoms with Crippen molar-refractivity contribution in [3.05, 3.63) is 48.5 Å². The molecule has 110 valence electrons. The highest BCUT2D eigenvalue weighted by molar-refractivity contribution is 5.94. The van der Waals surface area contributed by atoms with Crippen molar-refractivity contribution in [1.29, 1.82) is 0 Å². The third-order valence-electron chi connectivity index (χ3n) is 3.64. The average Bonchev–Trinajstić information content (AvgIpc) is 2.96. The number of amides is 1. The Kier molecular flexibility index (Phi) is 4.01. The quantitative estimate of drug-likeness (QED) is 0.847. The Morgan fingerprint density at radius 2 is 2.14 bits per heavy atom. The van der Waals surface area contributed by atoms with Crippen molar-refractivity contribution in [2.24, 2.45) is 5.92 Å². The first-order chi connectivity index (χ1) is 10.2. The maximum Gasteiger partial charge on any atom is 0.253 e. The topological polar surface area (TPSA) is 47.4 Å². The number of rotatable bonds is 2. The molecule has 1 saturated heterocycles. The van der Waals surface area contributed by atoms with Crippen LogP contribution in [0.3, 0.4) is 0 Å². The molecule has 1 amide bonds. The van der Waals surface area contributed by atoms with E-state index in [9.17, 15) is 4.79 Å². The Bertz CT molecular complexity index is 592. The largest absolute Gasteiger partial charge is 0.379 e.